The van der Waals surface area contributed by atoms with Crippen molar-refractivity contribution < 1.29 is 133 Å². The Morgan fingerprint density at radius 3 is 0.539 bits per heavy atom. The summed E-state index contributed by atoms with van der Waals surface area (Å²) in [5.74, 6) is -8.24. The molecule has 32 nitrogen and oxygen atoms in total. The maximum atomic E-state index is 14.4. The predicted molar refractivity (Wildman–Crippen MR) is 467 cm³/mol. The van der Waals surface area contributed by atoms with E-state index < -0.39 is 124 Å². The molecular formula is C96H108N4O28. The van der Waals surface area contributed by atoms with E-state index in [4.69, 9.17) is 75.8 Å². The molecule has 8 bridgehead atoms. The van der Waals surface area contributed by atoms with Crippen LogP contribution in [0.3, 0.4) is 0 Å². The van der Waals surface area contributed by atoms with Crippen LogP contribution in [-0.2, 0) is 147 Å². The van der Waals surface area contributed by atoms with Gasteiger partial charge >= 0.3 is 71.6 Å². The fourth-order valence-corrected chi connectivity index (χ4v) is 14.4. The molecule has 8 aromatic carbocycles. The number of methoxy groups -OCH3 is 4. The number of hydrogen-bond acceptors (Lipinski definition) is 32. The van der Waals surface area contributed by atoms with Gasteiger partial charge in [-0.2, -0.15) is 0 Å². The Hall–Kier alpha value is -14.2. The molecule has 1 aliphatic rings. The molecule has 0 heterocycles. The highest BCUT2D eigenvalue weighted by molar-refractivity contribution is 5.92. The molecule has 0 amide bonds. The number of fused-ring (bicyclic) bond motifs is 8. The number of rotatable bonds is 44. The van der Waals surface area contributed by atoms with Gasteiger partial charge in [0.2, 0.25) is 0 Å². The summed E-state index contributed by atoms with van der Waals surface area (Å²) in [6, 6.07) is 39.8. The molecule has 680 valence electrons. The minimum atomic E-state index is -0.803. The molecule has 8 aromatic rings. The van der Waals surface area contributed by atoms with Crippen LogP contribution >= 0.6 is 0 Å². The lowest BCUT2D eigenvalue weighted by atomic mass is 9.89. The van der Waals surface area contributed by atoms with Crippen LogP contribution < -0.4 is 38.5 Å². The first-order chi connectivity index (χ1) is 61.8. The number of carbonyl (C=O) groups excluding carboxylic acids is 12. The molecule has 0 radical (unpaired) electrons. The largest absolute Gasteiger partial charge is 0.481 e. The molecule has 32 heteroatoms. The van der Waals surface area contributed by atoms with Crippen molar-refractivity contribution in [1.29, 1.82) is 0 Å². The Morgan fingerprint density at radius 1 is 0.234 bits per heavy atom. The van der Waals surface area contributed by atoms with Crippen molar-refractivity contribution in [2.24, 2.45) is 0 Å². The molecule has 0 aromatic heterocycles. The summed E-state index contributed by atoms with van der Waals surface area (Å²) in [4.78, 5) is 173. The number of ether oxygens (including phenoxy) is 16. The first-order valence-corrected chi connectivity index (χ1v) is 41.9. The molecule has 0 aliphatic heterocycles. The van der Waals surface area contributed by atoms with Crippen molar-refractivity contribution >= 4 is 94.4 Å². The first kappa shape index (κ1) is 97.6. The van der Waals surface area contributed by atoms with Crippen LogP contribution in [0, 0.1) is 0 Å². The lowest BCUT2D eigenvalue weighted by Gasteiger charge is -2.30. The van der Waals surface area contributed by atoms with Crippen molar-refractivity contribution in [3.63, 3.8) is 0 Å². The zero-order chi connectivity index (χ0) is 92.3. The second-order valence-electron chi connectivity index (χ2n) is 28.9. The van der Waals surface area contributed by atoms with Crippen LogP contribution in [0.4, 0.5) is 22.7 Å². The summed E-state index contributed by atoms with van der Waals surface area (Å²) in [6.45, 7) is 7.83. The average molecular weight is 1770 g/mol. The van der Waals surface area contributed by atoms with Crippen molar-refractivity contribution in [3.05, 3.63) is 235 Å². The van der Waals surface area contributed by atoms with E-state index in [1.807, 2.05) is 0 Å². The minimum Gasteiger partial charge on any atom is -0.481 e. The summed E-state index contributed by atoms with van der Waals surface area (Å²) in [5, 5.41) is 0. The Balaban J connectivity index is 1.54. The topological polar surface area (TPSA) is 365 Å². The van der Waals surface area contributed by atoms with Gasteiger partial charge in [0.25, 0.3) is 0 Å². The number of hydrogen-bond donors (Lipinski definition) is 0. The van der Waals surface area contributed by atoms with Gasteiger partial charge in [0, 0.05) is 119 Å². The summed E-state index contributed by atoms with van der Waals surface area (Å²) < 4.78 is 93.2. The van der Waals surface area contributed by atoms with Crippen molar-refractivity contribution in [3.8, 4) is 23.0 Å². The number of anilines is 4. The fraction of sp³-hybridized carbons (Fsp3) is 0.375. The molecule has 0 saturated heterocycles. The molecule has 1 aliphatic carbocycles. The van der Waals surface area contributed by atoms with Gasteiger partial charge in [-0.3, -0.25) is 19.2 Å². The quantitative estimate of drug-likeness (QED) is 0.0253. The fourth-order valence-electron chi connectivity index (χ4n) is 14.4. The Morgan fingerprint density at radius 2 is 0.391 bits per heavy atom. The van der Waals surface area contributed by atoms with Crippen LogP contribution in [0.5, 0.6) is 23.0 Å². The first-order valence-electron chi connectivity index (χ1n) is 41.9. The lowest BCUT2D eigenvalue weighted by Crippen LogP contribution is -2.31. The number of nitrogens with zero attached hydrogens (tertiary/aromatic N) is 4. The summed E-state index contributed by atoms with van der Waals surface area (Å²) in [5.41, 5.74) is 6.38. The highest BCUT2D eigenvalue weighted by Gasteiger charge is 2.32. The molecule has 0 spiro atoms. The third kappa shape index (κ3) is 27.9. The monoisotopic (exact) mass is 1760 g/mol. The Bertz CT molecular complexity index is 4490. The number of carbonyl (C=O) groups is 12. The molecule has 9 rings (SSSR count). The van der Waals surface area contributed by atoms with Gasteiger partial charge in [0.15, 0.2) is 26.4 Å². The highest BCUT2D eigenvalue weighted by Crippen LogP contribution is 2.45. The summed E-state index contributed by atoms with van der Waals surface area (Å²) in [7, 11) is 5.01. The Labute approximate surface area is 742 Å². The third-order valence-electron chi connectivity index (χ3n) is 19.9. The maximum absolute atomic E-state index is 14.4. The molecule has 0 N–H and O–H groups in total. The smallest absolute Gasteiger partial charge is 0.344 e. The van der Waals surface area contributed by atoms with Gasteiger partial charge in [-0.25, -0.2) is 38.4 Å². The maximum Gasteiger partial charge on any atom is 0.344 e. The SMILES string of the molecule is CCOC(=O)COc1c2cc(N(CC(=O)OCC)Cc3ccc(C(=O)OC)cc3)cc1Cc1cc(N(CC(=O)OCC)Cc3ccc(C(=O)OC)cc3)cc(c1OCC(=O)OCC)Cc1cc(N(CC(=O)OCC)Cc3ccc(C(=O)OC)cc3)cc(c1OCC(=O)OCC)Cc1cc(N(CC(=O)OCC)Cc3ccc(C(=O)OC)cc3)cc(c1OCC(=O)OCC)C2. The van der Waals surface area contributed by atoms with Crippen LogP contribution in [0.25, 0.3) is 0 Å². The highest BCUT2D eigenvalue weighted by atomic mass is 16.6. The lowest BCUT2D eigenvalue weighted by molar-refractivity contribution is -0.146. The summed E-state index contributed by atoms with van der Waals surface area (Å²) in [6.07, 6.45) is -1.34. The molecule has 128 heavy (non-hydrogen) atoms. The van der Waals surface area contributed by atoms with Crippen LogP contribution in [-0.4, -0.2) is 206 Å². The van der Waals surface area contributed by atoms with Gasteiger partial charge in [-0.05, 0) is 175 Å². The van der Waals surface area contributed by atoms with Gasteiger partial charge in [-0.15, -0.1) is 0 Å². The van der Waals surface area contributed by atoms with E-state index in [-0.39, 0.29) is 194 Å². The van der Waals surface area contributed by atoms with Crippen LogP contribution in [0.2, 0.25) is 0 Å². The normalized spacial score (nSPS) is 11.2. The van der Waals surface area contributed by atoms with Gasteiger partial charge in [0.05, 0.1) is 104 Å². The standard InChI is InChI=1S/C96H108N4O28/c1-13-117-81(101)53-97(49-61-21-29-65(30-22-61)93(109)113-9)77-41-69-37-71-43-78(98(54-82(102)118-14-2)50-62-23-31-66(32-24-62)94(110)114-10)45-73(90(71)126-58-86(106)122-18-6)39-75-47-80(100(56-84(104)120-16-4)52-64-27-35-68(36-28-64)96(112)116-12)48-76(92(75)128-60-88(108)124-20-8)40-74-46-79(99(55-83(103)119-15-3)51-63-25-33-67(34-26-63)95(111)115-11)44-72(91(74)127-59-87(107)123-19-7)38-70(42-77)89(69)125-57-85(105)121-17-5/h21-36,41-48H,13-20,37-40,49-60H2,1-12H3. The molecule has 0 atom stereocenters. The second-order valence-corrected chi connectivity index (χ2v) is 28.9. The Kier molecular flexibility index (Phi) is 37.3. The van der Waals surface area contributed by atoms with E-state index in [9.17, 15) is 57.5 Å². The number of esters is 12. The van der Waals surface area contributed by atoms with Gasteiger partial charge in [-0.1, -0.05) is 48.5 Å². The van der Waals surface area contributed by atoms with E-state index in [1.54, 1.807) is 221 Å². The van der Waals surface area contributed by atoms with E-state index in [0.29, 0.717) is 45.0 Å². The van der Waals surface area contributed by atoms with E-state index in [1.165, 1.54) is 28.4 Å². The zero-order valence-electron chi connectivity index (χ0n) is 74.0. The van der Waals surface area contributed by atoms with E-state index in [0.717, 1.165) is 0 Å². The van der Waals surface area contributed by atoms with Crippen molar-refractivity contribution in [1.82, 2.24) is 0 Å². The minimum absolute atomic E-state index is 0.0216. The van der Waals surface area contributed by atoms with E-state index >= 15 is 0 Å². The number of benzene rings is 8. The average Bonchev–Trinajstić information content (AvgIpc) is 0.761. The molecule has 0 fully saturated rings. The molecule has 0 saturated carbocycles. The molecule has 0 unspecified atom stereocenters. The summed E-state index contributed by atoms with van der Waals surface area (Å²) >= 11 is 0. The van der Waals surface area contributed by atoms with Crippen molar-refractivity contribution in [2.45, 2.75) is 107 Å². The van der Waals surface area contributed by atoms with Crippen LogP contribution in [0.15, 0.2) is 146 Å². The second kappa shape index (κ2) is 48.9. The van der Waals surface area contributed by atoms with E-state index in [2.05, 4.69) is 0 Å². The molecular weight excluding hydrogens is 1660 g/mol. The van der Waals surface area contributed by atoms with Crippen molar-refractivity contribution in [2.75, 3.05) is 154 Å². The van der Waals surface area contributed by atoms with Gasteiger partial charge < -0.3 is 95.4 Å². The van der Waals surface area contributed by atoms with Crippen LogP contribution in [0.1, 0.15) is 164 Å². The van der Waals surface area contributed by atoms with Gasteiger partial charge in [0.1, 0.15) is 49.2 Å². The zero-order valence-corrected chi connectivity index (χ0v) is 74.0. The third-order valence-corrected chi connectivity index (χ3v) is 19.9. The predicted octanol–water partition coefficient (Wildman–Crippen LogP) is 11.6.